The summed E-state index contributed by atoms with van der Waals surface area (Å²) in [5, 5.41) is 15.7. The number of aromatic nitrogens is 5. The molecule has 1 fully saturated rings. The van der Waals surface area contributed by atoms with Crippen LogP contribution in [0.2, 0.25) is 0 Å². The summed E-state index contributed by atoms with van der Waals surface area (Å²) in [5.74, 6) is 1.63. The summed E-state index contributed by atoms with van der Waals surface area (Å²) < 4.78 is 7.29. The van der Waals surface area contributed by atoms with E-state index < -0.39 is 0 Å². The van der Waals surface area contributed by atoms with Gasteiger partial charge in [0.05, 0.1) is 18.5 Å². The van der Waals surface area contributed by atoms with Crippen molar-refractivity contribution in [2.24, 2.45) is 0 Å². The second kappa shape index (κ2) is 8.15. The molecular formula is C24H28N6O. The lowest BCUT2D eigenvalue weighted by molar-refractivity contribution is 0.416. The minimum absolute atomic E-state index is 0.297. The van der Waals surface area contributed by atoms with E-state index in [-0.39, 0.29) is 0 Å². The number of hydrogen-bond donors (Lipinski definition) is 2. The summed E-state index contributed by atoms with van der Waals surface area (Å²) in [7, 11) is 1.65. The van der Waals surface area contributed by atoms with E-state index >= 15 is 0 Å². The first-order valence-corrected chi connectivity index (χ1v) is 10.9. The van der Waals surface area contributed by atoms with Gasteiger partial charge in [0, 0.05) is 22.9 Å². The number of fused-ring (bicyclic) bond motifs is 1. The highest BCUT2D eigenvalue weighted by atomic mass is 16.5. The molecule has 31 heavy (non-hydrogen) atoms. The second-order valence-electron chi connectivity index (χ2n) is 8.49. The van der Waals surface area contributed by atoms with Crippen molar-refractivity contribution in [3.63, 3.8) is 0 Å². The summed E-state index contributed by atoms with van der Waals surface area (Å²) in [4.78, 5) is 4.28. The maximum Gasteiger partial charge on any atom is 0.197 e. The van der Waals surface area contributed by atoms with Crippen molar-refractivity contribution < 1.29 is 4.74 Å². The van der Waals surface area contributed by atoms with Gasteiger partial charge in [-0.15, -0.1) is 0 Å². The third-order valence-electron chi connectivity index (χ3n) is 6.23. The molecule has 5 rings (SSSR count). The molecule has 0 aliphatic carbocycles. The molecule has 0 spiro atoms. The van der Waals surface area contributed by atoms with Gasteiger partial charge in [-0.25, -0.2) is 9.50 Å². The molecule has 1 aliphatic rings. The molecule has 160 valence electrons. The normalized spacial score (nSPS) is 15.1. The van der Waals surface area contributed by atoms with Crippen LogP contribution < -0.4 is 10.1 Å². The van der Waals surface area contributed by atoms with Gasteiger partial charge in [0.15, 0.2) is 11.4 Å². The number of H-pyrrole nitrogens is 1. The highest BCUT2D eigenvalue weighted by Crippen LogP contribution is 2.37. The molecule has 1 saturated heterocycles. The molecule has 0 unspecified atom stereocenters. The summed E-state index contributed by atoms with van der Waals surface area (Å²) in [6.07, 6.45) is 5.91. The Morgan fingerprint density at radius 2 is 1.87 bits per heavy atom. The van der Waals surface area contributed by atoms with Gasteiger partial charge in [-0.1, -0.05) is 38.1 Å². The van der Waals surface area contributed by atoms with Crippen LogP contribution in [-0.4, -0.2) is 45.0 Å². The van der Waals surface area contributed by atoms with Crippen LogP contribution in [0.25, 0.3) is 28.2 Å². The maximum atomic E-state index is 5.55. The van der Waals surface area contributed by atoms with Crippen LogP contribution in [0.5, 0.6) is 5.75 Å². The van der Waals surface area contributed by atoms with Crippen LogP contribution >= 0.6 is 0 Å². The van der Waals surface area contributed by atoms with Gasteiger partial charge in [-0.3, -0.25) is 5.10 Å². The van der Waals surface area contributed by atoms with Gasteiger partial charge >= 0.3 is 0 Å². The quantitative estimate of drug-likeness (QED) is 0.504. The summed E-state index contributed by atoms with van der Waals surface area (Å²) in [6, 6.07) is 11.0. The number of methoxy groups -OCH3 is 1. The summed E-state index contributed by atoms with van der Waals surface area (Å²) >= 11 is 0. The third-order valence-corrected chi connectivity index (χ3v) is 6.23. The zero-order chi connectivity index (χ0) is 21.4. The fraction of sp³-hybridized carbons (Fsp3) is 0.375. The molecule has 0 saturated carbocycles. The minimum Gasteiger partial charge on any atom is -0.493 e. The largest absolute Gasteiger partial charge is 0.493 e. The Balaban J connectivity index is 1.54. The third kappa shape index (κ3) is 3.59. The molecule has 1 aliphatic heterocycles. The molecule has 0 atom stereocenters. The fourth-order valence-corrected chi connectivity index (χ4v) is 4.60. The number of benzene rings is 1. The van der Waals surface area contributed by atoms with Crippen LogP contribution in [0.4, 0.5) is 0 Å². The number of nitrogens with zero attached hydrogens (tertiary/aromatic N) is 4. The summed E-state index contributed by atoms with van der Waals surface area (Å²) in [6.45, 7) is 6.61. The topological polar surface area (TPSA) is 80.1 Å². The Morgan fingerprint density at radius 1 is 1.10 bits per heavy atom. The Bertz CT molecular complexity index is 1180. The monoisotopic (exact) mass is 416 g/mol. The van der Waals surface area contributed by atoms with Crippen LogP contribution in [0, 0.1) is 0 Å². The SMILES string of the molecule is COc1cc(-c2[nH]nc(-c3ccc(C4CCNCC4)cc3)c2C(C)C)cn2ncnc12. The molecule has 0 radical (unpaired) electrons. The predicted molar refractivity (Wildman–Crippen MR) is 121 cm³/mol. The van der Waals surface area contributed by atoms with Crippen molar-refractivity contribution in [2.75, 3.05) is 20.2 Å². The van der Waals surface area contributed by atoms with Crippen molar-refractivity contribution >= 4 is 5.65 Å². The van der Waals surface area contributed by atoms with Gasteiger partial charge in [-0.2, -0.15) is 10.2 Å². The zero-order valence-electron chi connectivity index (χ0n) is 18.2. The number of pyridine rings is 1. The minimum atomic E-state index is 0.297. The molecular weight excluding hydrogens is 388 g/mol. The van der Waals surface area contributed by atoms with Crippen molar-refractivity contribution in [1.82, 2.24) is 30.1 Å². The smallest absolute Gasteiger partial charge is 0.197 e. The van der Waals surface area contributed by atoms with E-state index in [9.17, 15) is 0 Å². The van der Waals surface area contributed by atoms with Crippen molar-refractivity contribution in [3.05, 3.63) is 54.0 Å². The molecule has 3 aromatic heterocycles. The van der Waals surface area contributed by atoms with E-state index in [0.29, 0.717) is 23.2 Å². The second-order valence-corrected chi connectivity index (χ2v) is 8.49. The molecule has 7 heteroatoms. The standard InChI is InChI=1S/C24H28N6O/c1-15(2)21-22(18-6-4-16(5-7-18)17-8-10-25-11-9-17)28-29-23(21)19-12-20(31-3)24-26-14-27-30(24)13-19/h4-7,12-15,17,25H,8-11H2,1-3H3,(H,28,29). The zero-order valence-corrected chi connectivity index (χ0v) is 18.2. The number of hydrogen-bond acceptors (Lipinski definition) is 5. The maximum absolute atomic E-state index is 5.55. The Labute approximate surface area is 181 Å². The predicted octanol–water partition coefficient (Wildman–Crippen LogP) is 4.39. The van der Waals surface area contributed by atoms with Crippen LogP contribution in [0.1, 0.15) is 49.7 Å². The molecule has 1 aromatic carbocycles. The molecule has 2 N–H and O–H groups in total. The first-order valence-electron chi connectivity index (χ1n) is 10.9. The van der Waals surface area contributed by atoms with Crippen molar-refractivity contribution in [1.29, 1.82) is 0 Å². The van der Waals surface area contributed by atoms with Gasteiger partial charge in [0.1, 0.15) is 6.33 Å². The first-order chi connectivity index (χ1) is 15.2. The first kappa shape index (κ1) is 19.8. The van der Waals surface area contributed by atoms with E-state index in [1.807, 2.05) is 12.3 Å². The average Bonchev–Trinajstić information content (AvgIpc) is 3.46. The van der Waals surface area contributed by atoms with E-state index in [2.05, 4.69) is 58.6 Å². The lowest BCUT2D eigenvalue weighted by Gasteiger charge is -2.23. The number of ether oxygens (including phenoxy) is 1. The van der Waals surface area contributed by atoms with Crippen LogP contribution in [-0.2, 0) is 0 Å². The highest BCUT2D eigenvalue weighted by molar-refractivity contribution is 5.76. The number of piperidine rings is 1. The van der Waals surface area contributed by atoms with E-state index in [0.717, 1.165) is 35.6 Å². The van der Waals surface area contributed by atoms with Gasteiger partial charge < -0.3 is 10.1 Å². The fourth-order valence-electron chi connectivity index (χ4n) is 4.60. The number of nitrogens with one attached hydrogen (secondary N) is 2. The van der Waals surface area contributed by atoms with Crippen molar-refractivity contribution in [3.8, 4) is 28.3 Å². The lowest BCUT2D eigenvalue weighted by atomic mass is 9.88. The average molecular weight is 417 g/mol. The molecule has 4 heterocycles. The van der Waals surface area contributed by atoms with E-state index in [4.69, 9.17) is 9.84 Å². The molecule has 0 bridgehead atoms. The Morgan fingerprint density at radius 3 is 2.58 bits per heavy atom. The molecule has 7 nitrogen and oxygen atoms in total. The Kier molecular flexibility index (Phi) is 5.19. The molecule has 4 aromatic rings. The van der Waals surface area contributed by atoms with Crippen molar-refractivity contribution in [2.45, 2.75) is 38.5 Å². The molecule has 0 amide bonds. The highest BCUT2D eigenvalue weighted by Gasteiger charge is 2.21. The van der Waals surface area contributed by atoms with Gasteiger partial charge in [-0.05, 0) is 49.4 Å². The van der Waals surface area contributed by atoms with Crippen LogP contribution in [0.15, 0.2) is 42.9 Å². The van der Waals surface area contributed by atoms with Crippen LogP contribution in [0.3, 0.4) is 0 Å². The van der Waals surface area contributed by atoms with E-state index in [1.54, 1.807) is 11.6 Å². The van der Waals surface area contributed by atoms with Gasteiger partial charge in [0.2, 0.25) is 0 Å². The lowest BCUT2D eigenvalue weighted by Crippen LogP contribution is -2.26. The number of rotatable bonds is 5. The van der Waals surface area contributed by atoms with E-state index in [1.165, 1.54) is 30.3 Å². The number of aromatic amines is 1. The summed E-state index contributed by atoms with van der Waals surface area (Å²) in [5.41, 5.74) is 7.42. The Hall–Kier alpha value is -3.19. The van der Waals surface area contributed by atoms with Gasteiger partial charge in [0.25, 0.3) is 0 Å².